The van der Waals surface area contributed by atoms with Crippen LogP contribution >= 0.6 is 22.6 Å². The smallest absolute Gasteiger partial charge is 0.287 e. The summed E-state index contributed by atoms with van der Waals surface area (Å²) in [5, 5.41) is 15.9. The van der Waals surface area contributed by atoms with Gasteiger partial charge in [0.2, 0.25) is 5.60 Å². The highest BCUT2D eigenvalue weighted by Gasteiger charge is 2.51. The number of rotatable bonds is 13. The maximum atomic E-state index is 13.4. The molecule has 3 amide bonds. The van der Waals surface area contributed by atoms with Gasteiger partial charge in [0, 0.05) is 42.2 Å². The molecule has 0 aliphatic carbocycles. The quantitative estimate of drug-likeness (QED) is 0.0940. The third-order valence-electron chi connectivity index (χ3n) is 6.17. The predicted molar refractivity (Wildman–Crippen MR) is 149 cm³/mol. The van der Waals surface area contributed by atoms with Crippen LogP contribution in [-0.2, 0) is 25.6 Å². The molecule has 2 aromatic carbocycles. The molecular formula is C26H28F2IN5O6. The van der Waals surface area contributed by atoms with Gasteiger partial charge in [0.15, 0.2) is 5.82 Å². The Bertz CT molecular complexity index is 1370. The molecule has 11 nitrogen and oxygen atoms in total. The first-order valence-corrected chi connectivity index (χ1v) is 14.0. The first kappa shape index (κ1) is 29.8. The van der Waals surface area contributed by atoms with Crippen LogP contribution in [-0.4, -0.2) is 82.3 Å². The number of aromatic amines is 1. The number of hydrogen-bond acceptors (Lipinski definition) is 7. The lowest BCUT2D eigenvalue weighted by Gasteiger charge is -2.22. The Morgan fingerprint density at radius 2 is 1.80 bits per heavy atom. The van der Waals surface area contributed by atoms with E-state index in [-0.39, 0.29) is 37.4 Å². The van der Waals surface area contributed by atoms with Gasteiger partial charge in [-0.3, -0.25) is 14.4 Å². The number of aliphatic hydroxyl groups is 1. The van der Waals surface area contributed by atoms with E-state index in [2.05, 4.69) is 43.2 Å². The van der Waals surface area contributed by atoms with Crippen LogP contribution in [0.25, 0.3) is 11.0 Å². The van der Waals surface area contributed by atoms with E-state index in [9.17, 15) is 28.3 Å². The fraction of sp³-hybridized carbons (Fsp3) is 0.385. The minimum atomic E-state index is -2.35. The fourth-order valence-corrected chi connectivity index (χ4v) is 4.48. The summed E-state index contributed by atoms with van der Waals surface area (Å²) in [5.74, 6) is -3.78. The van der Waals surface area contributed by atoms with E-state index < -0.39 is 35.0 Å². The number of hydrogen-bond donors (Lipinski definition) is 4. The normalized spacial score (nSPS) is 17.0. The molecule has 14 heteroatoms. The Hall–Kier alpha value is -3.21. The van der Waals surface area contributed by atoms with Crippen LogP contribution in [0, 0.1) is 11.6 Å². The standard InChI is InChI=1S/C26H28F2IN5O6/c27-17-11-16(12-18(28)13-17)15-31-24(36)26(38)3-6-34(25(26)37)19-1-2-20-21(14-19)33-22(32-20)23(35)30-5-8-40-10-9-39-7-4-29/h1-2,11-14,38H,3-10,15H2,(H,30,35)(H,31,36)(H,32,33). The molecular weight excluding hydrogens is 643 g/mol. The number of carbonyl (C=O) groups is 3. The molecule has 214 valence electrons. The van der Waals surface area contributed by atoms with E-state index in [1.807, 2.05) is 0 Å². The first-order valence-electron chi connectivity index (χ1n) is 12.5. The van der Waals surface area contributed by atoms with Crippen molar-refractivity contribution in [3.8, 4) is 0 Å². The van der Waals surface area contributed by atoms with Crippen LogP contribution in [0.1, 0.15) is 22.6 Å². The maximum absolute atomic E-state index is 13.4. The SMILES string of the molecule is O=C(NCCOCCOCCI)c1nc2cc(N3CCC(O)(C(=O)NCc4cc(F)cc(F)c4)C3=O)ccc2[nH]1. The lowest BCUT2D eigenvalue weighted by molar-refractivity contribution is -0.149. The summed E-state index contributed by atoms with van der Waals surface area (Å²) in [6, 6.07) is 7.60. The third kappa shape index (κ3) is 7.10. The number of alkyl halides is 1. The summed E-state index contributed by atoms with van der Waals surface area (Å²) in [4.78, 5) is 46.7. The number of imidazole rings is 1. The van der Waals surface area contributed by atoms with Gasteiger partial charge < -0.3 is 35.1 Å². The number of nitrogens with zero attached hydrogens (tertiary/aromatic N) is 2. The Labute approximate surface area is 241 Å². The molecule has 2 heterocycles. The second-order valence-electron chi connectivity index (χ2n) is 8.98. The van der Waals surface area contributed by atoms with Crippen molar-refractivity contribution < 1.29 is 37.7 Å². The first-order chi connectivity index (χ1) is 19.2. The van der Waals surface area contributed by atoms with E-state index in [0.29, 0.717) is 49.2 Å². The van der Waals surface area contributed by atoms with Crippen molar-refractivity contribution in [1.29, 1.82) is 0 Å². The molecule has 4 N–H and O–H groups in total. The van der Waals surface area contributed by atoms with Gasteiger partial charge in [0.1, 0.15) is 11.6 Å². The Balaban J connectivity index is 1.33. The van der Waals surface area contributed by atoms with E-state index in [4.69, 9.17) is 9.47 Å². The molecule has 1 unspecified atom stereocenters. The van der Waals surface area contributed by atoms with E-state index in [0.717, 1.165) is 16.6 Å². The zero-order chi connectivity index (χ0) is 28.7. The van der Waals surface area contributed by atoms with Crippen LogP contribution in [0.2, 0.25) is 0 Å². The molecule has 1 saturated heterocycles. The number of ether oxygens (including phenoxy) is 2. The minimum absolute atomic E-state index is 0.0454. The van der Waals surface area contributed by atoms with E-state index in [1.165, 1.54) is 4.90 Å². The van der Waals surface area contributed by atoms with Crippen molar-refractivity contribution in [1.82, 2.24) is 20.6 Å². The molecule has 0 bridgehead atoms. The number of amides is 3. The van der Waals surface area contributed by atoms with Gasteiger partial charge in [-0.2, -0.15) is 0 Å². The molecule has 1 aliphatic rings. The van der Waals surface area contributed by atoms with Gasteiger partial charge in [-0.15, -0.1) is 0 Å². The van der Waals surface area contributed by atoms with Crippen molar-refractivity contribution >= 4 is 57.0 Å². The lowest BCUT2D eigenvalue weighted by atomic mass is 10.0. The maximum Gasteiger partial charge on any atom is 0.287 e. The number of halogens is 3. The number of aromatic nitrogens is 2. The van der Waals surface area contributed by atoms with Gasteiger partial charge >= 0.3 is 0 Å². The highest BCUT2D eigenvalue weighted by molar-refractivity contribution is 14.1. The monoisotopic (exact) mass is 671 g/mol. The zero-order valence-electron chi connectivity index (χ0n) is 21.3. The summed E-state index contributed by atoms with van der Waals surface area (Å²) in [6.07, 6.45) is -0.187. The fourth-order valence-electron chi connectivity index (χ4n) is 4.17. The number of H-pyrrole nitrogens is 1. The van der Waals surface area contributed by atoms with Crippen molar-refractivity contribution in [2.24, 2.45) is 0 Å². The van der Waals surface area contributed by atoms with E-state index in [1.54, 1.807) is 18.2 Å². The molecule has 40 heavy (non-hydrogen) atoms. The molecule has 0 saturated carbocycles. The number of nitrogens with one attached hydrogen (secondary N) is 3. The third-order valence-corrected chi connectivity index (χ3v) is 6.61. The molecule has 1 atom stereocenters. The van der Waals surface area contributed by atoms with Crippen molar-refractivity contribution in [3.05, 3.63) is 59.4 Å². The predicted octanol–water partition coefficient (Wildman–Crippen LogP) is 1.82. The Morgan fingerprint density at radius 1 is 1.07 bits per heavy atom. The largest absolute Gasteiger partial charge is 0.378 e. The lowest BCUT2D eigenvalue weighted by Crippen LogP contribution is -2.52. The molecule has 1 aliphatic heterocycles. The molecule has 0 spiro atoms. The summed E-state index contributed by atoms with van der Waals surface area (Å²) >= 11 is 2.22. The molecule has 4 rings (SSSR count). The highest BCUT2D eigenvalue weighted by Crippen LogP contribution is 2.30. The van der Waals surface area contributed by atoms with Crippen molar-refractivity contribution in [2.75, 3.05) is 48.8 Å². The van der Waals surface area contributed by atoms with Crippen molar-refractivity contribution in [3.63, 3.8) is 0 Å². The second-order valence-corrected chi connectivity index (χ2v) is 10.1. The van der Waals surface area contributed by atoms with Crippen LogP contribution in [0.4, 0.5) is 14.5 Å². The number of carbonyl (C=O) groups excluding carboxylic acids is 3. The molecule has 0 radical (unpaired) electrons. The average molecular weight is 671 g/mol. The Morgan fingerprint density at radius 3 is 2.52 bits per heavy atom. The van der Waals surface area contributed by atoms with Crippen LogP contribution < -0.4 is 15.5 Å². The van der Waals surface area contributed by atoms with Crippen LogP contribution in [0.15, 0.2) is 36.4 Å². The summed E-state index contributed by atoms with van der Waals surface area (Å²) < 4.78 is 38.4. The average Bonchev–Trinajstić information content (AvgIpc) is 3.49. The summed E-state index contributed by atoms with van der Waals surface area (Å²) in [6.45, 7) is 1.95. The zero-order valence-corrected chi connectivity index (χ0v) is 23.5. The number of anilines is 1. The van der Waals surface area contributed by atoms with Gasteiger partial charge in [0.05, 0.1) is 37.5 Å². The van der Waals surface area contributed by atoms with Gasteiger partial charge in [-0.1, -0.05) is 22.6 Å². The summed E-state index contributed by atoms with van der Waals surface area (Å²) in [7, 11) is 0. The number of fused-ring (bicyclic) bond motifs is 1. The van der Waals surface area contributed by atoms with Crippen LogP contribution in [0.3, 0.4) is 0 Å². The van der Waals surface area contributed by atoms with Crippen LogP contribution in [0.5, 0.6) is 0 Å². The molecule has 3 aromatic rings. The summed E-state index contributed by atoms with van der Waals surface area (Å²) in [5.41, 5.74) is -0.858. The van der Waals surface area contributed by atoms with Gasteiger partial charge in [-0.25, -0.2) is 13.8 Å². The molecule has 1 fully saturated rings. The highest BCUT2D eigenvalue weighted by atomic mass is 127. The van der Waals surface area contributed by atoms with Crippen molar-refractivity contribution in [2.45, 2.75) is 18.6 Å². The number of benzene rings is 2. The topological polar surface area (TPSA) is 146 Å². The molecule has 1 aromatic heterocycles. The van der Waals surface area contributed by atoms with Gasteiger partial charge in [-0.05, 0) is 35.9 Å². The van der Waals surface area contributed by atoms with E-state index >= 15 is 0 Å². The minimum Gasteiger partial charge on any atom is -0.378 e. The Kier molecular flexibility index (Phi) is 9.99. The second kappa shape index (κ2) is 13.4. The van der Waals surface area contributed by atoms with Gasteiger partial charge in [0.25, 0.3) is 17.7 Å².